The van der Waals surface area contributed by atoms with Crippen molar-refractivity contribution in [1.82, 2.24) is 4.98 Å². The molecular formula is C20H15N3O3S. The van der Waals surface area contributed by atoms with Crippen LogP contribution in [-0.2, 0) is 4.79 Å². The molecule has 1 aliphatic rings. The maximum atomic E-state index is 12.8. The van der Waals surface area contributed by atoms with Gasteiger partial charge in [0.05, 0.1) is 16.1 Å². The van der Waals surface area contributed by atoms with Gasteiger partial charge in [0.15, 0.2) is 5.13 Å². The summed E-state index contributed by atoms with van der Waals surface area (Å²) in [4.78, 5) is 29.6. The summed E-state index contributed by atoms with van der Waals surface area (Å²) < 4.78 is 0. The monoisotopic (exact) mass is 377 g/mol. The standard InChI is InChI=1S/C20H15N3O3S/c1-11-6-5-9-13-16(11)22-18(25)14(17(13)24)10-15-19(26)23-20(27-15)21-12-7-3-2-4-8-12/h2-10,26H,1H3,(H,21,23)(H,22,25)/b14-10+. The van der Waals surface area contributed by atoms with Crippen molar-refractivity contribution >= 4 is 45.6 Å². The Bertz CT molecular complexity index is 1090. The number of fused-ring (bicyclic) bond motifs is 1. The first-order valence-electron chi connectivity index (χ1n) is 8.22. The van der Waals surface area contributed by atoms with Crippen LogP contribution >= 0.6 is 11.3 Å². The number of benzene rings is 2. The molecule has 134 valence electrons. The van der Waals surface area contributed by atoms with E-state index in [0.29, 0.717) is 21.3 Å². The van der Waals surface area contributed by atoms with Gasteiger partial charge in [-0.2, -0.15) is 4.98 Å². The molecule has 4 rings (SSSR count). The van der Waals surface area contributed by atoms with Gasteiger partial charge >= 0.3 is 0 Å². The van der Waals surface area contributed by atoms with E-state index in [1.807, 2.05) is 43.3 Å². The molecule has 0 bridgehead atoms. The Balaban J connectivity index is 1.67. The number of nitrogens with zero attached hydrogens (tertiary/aromatic N) is 1. The molecule has 2 heterocycles. The van der Waals surface area contributed by atoms with Crippen LogP contribution in [0.1, 0.15) is 20.8 Å². The molecule has 0 saturated carbocycles. The van der Waals surface area contributed by atoms with E-state index < -0.39 is 5.91 Å². The van der Waals surface area contributed by atoms with Crippen molar-refractivity contribution in [3.05, 3.63) is 70.1 Å². The first-order chi connectivity index (χ1) is 13.0. The summed E-state index contributed by atoms with van der Waals surface area (Å²) in [6.07, 6.45) is 1.38. The van der Waals surface area contributed by atoms with Gasteiger partial charge in [0, 0.05) is 11.3 Å². The van der Waals surface area contributed by atoms with Gasteiger partial charge < -0.3 is 15.7 Å². The molecule has 0 fully saturated rings. The lowest BCUT2D eigenvalue weighted by molar-refractivity contribution is -0.112. The van der Waals surface area contributed by atoms with Crippen LogP contribution in [0.2, 0.25) is 0 Å². The number of para-hydroxylation sites is 2. The van der Waals surface area contributed by atoms with Crippen molar-refractivity contribution in [3.63, 3.8) is 0 Å². The molecule has 0 unspecified atom stereocenters. The number of aromatic hydroxyl groups is 1. The Morgan fingerprint density at radius 3 is 2.67 bits per heavy atom. The summed E-state index contributed by atoms with van der Waals surface area (Å²) in [5.41, 5.74) is 2.58. The van der Waals surface area contributed by atoms with Gasteiger partial charge in [0.2, 0.25) is 11.7 Å². The molecule has 1 aliphatic heterocycles. The summed E-state index contributed by atoms with van der Waals surface area (Å²) in [6, 6.07) is 14.7. The molecule has 0 saturated heterocycles. The van der Waals surface area contributed by atoms with Gasteiger partial charge in [-0.15, -0.1) is 0 Å². The van der Waals surface area contributed by atoms with Gasteiger partial charge in [-0.05, 0) is 36.8 Å². The summed E-state index contributed by atoms with van der Waals surface area (Å²) in [5.74, 6) is -1.10. The van der Waals surface area contributed by atoms with Crippen LogP contribution in [-0.4, -0.2) is 21.8 Å². The molecule has 27 heavy (non-hydrogen) atoms. The van der Waals surface area contributed by atoms with Crippen LogP contribution in [0.15, 0.2) is 54.1 Å². The number of carbonyl (C=O) groups is 2. The molecule has 0 spiro atoms. The highest BCUT2D eigenvalue weighted by molar-refractivity contribution is 7.16. The molecule has 6 nitrogen and oxygen atoms in total. The number of ketones is 1. The van der Waals surface area contributed by atoms with Gasteiger partial charge in [-0.1, -0.05) is 41.7 Å². The largest absolute Gasteiger partial charge is 0.492 e. The number of rotatable bonds is 3. The zero-order valence-corrected chi connectivity index (χ0v) is 15.1. The lowest BCUT2D eigenvalue weighted by Gasteiger charge is -2.19. The van der Waals surface area contributed by atoms with E-state index in [-0.39, 0.29) is 17.2 Å². The molecule has 0 atom stereocenters. The van der Waals surface area contributed by atoms with Crippen LogP contribution in [0.5, 0.6) is 5.88 Å². The Kier molecular flexibility index (Phi) is 4.21. The molecule has 0 radical (unpaired) electrons. The Labute approximate surface area is 159 Å². The summed E-state index contributed by atoms with van der Waals surface area (Å²) in [5, 5.41) is 16.4. The normalized spacial score (nSPS) is 14.8. The van der Waals surface area contributed by atoms with E-state index in [1.165, 1.54) is 6.08 Å². The highest BCUT2D eigenvalue weighted by Crippen LogP contribution is 2.34. The molecule has 7 heteroatoms. The molecule has 1 aromatic heterocycles. The van der Waals surface area contributed by atoms with E-state index in [9.17, 15) is 14.7 Å². The molecule has 3 aromatic rings. The summed E-state index contributed by atoms with van der Waals surface area (Å²) in [7, 11) is 0. The van der Waals surface area contributed by atoms with Crippen molar-refractivity contribution in [2.24, 2.45) is 0 Å². The van der Waals surface area contributed by atoms with Crippen molar-refractivity contribution in [2.75, 3.05) is 10.6 Å². The fraction of sp³-hybridized carbons (Fsp3) is 0.0500. The van der Waals surface area contributed by atoms with Crippen molar-refractivity contribution < 1.29 is 14.7 Å². The number of hydrogen-bond acceptors (Lipinski definition) is 6. The Morgan fingerprint density at radius 1 is 1.11 bits per heavy atom. The average Bonchev–Trinajstić information content (AvgIpc) is 2.99. The fourth-order valence-electron chi connectivity index (χ4n) is 2.83. The SMILES string of the molecule is Cc1cccc2c1NC(=O)/C(=C/c1sc(Nc3ccccc3)nc1O)C2=O. The van der Waals surface area contributed by atoms with Gasteiger partial charge in [-0.25, -0.2) is 0 Å². The minimum absolute atomic E-state index is 0.0293. The first kappa shape index (κ1) is 17.0. The minimum atomic E-state index is -0.493. The van der Waals surface area contributed by atoms with Crippen LogP contribution < -0.4 is 10.6 Å². The molecule has 1 amide bonds. The number of amides is 1. The van der Waals surface area contributed by atoms with Crippen molar-refractivity contribution in [2.45, 2.75) is 6.92 Å². The van der Waals surface area contributed by atoms with E-state index in [2.05, 4.69) is 15.6 Å². The van der Waals surface area contributed by atoms with Crippen LogP contribution in [0.25, 0.3) is 6.08 Å². The van der Waals surface area contributed by atoms with E-state index in [0.717, 1.165) is 22.6 Å². The van der Waals surface area contributed by atoms with Crippen LogP contribution in [0.4, 0.5) is 16.5 Å². The van der Waals surface area contributed by atoms with Crippen LogP contribution in [0, 0.1) is 6.92 Å². The lowest BCUT2D eigenvalue weighted by Crippen LogP contribution is -2.28. The topological polar surface area (TPSA) is 91.3 Å². The molecule has 0 aliphatic carbocycles. The van der Waals surface area contributed by atoms with Crippen LogP contribution in [0.3, 0.4) is 0 Å². The average molecular weight is 377 g/mol. The number of aromatic nitrogens is 1. The lowest BCUT2D eigenvalue weighted by atomic mass is 9.94. The highest BCUT2D eigenvalue weighted by atomic mass is 32.1. The Morgan fingerprint density at radius 2 is 1.89 bits per heavy atom. The third-order valence-electron chi connectivity index (χ3n) is 4.18. The predicted octanol–water partition coefficient (Wildman–Crippen LogP) is 4.12. The molecule has 3 N–H and O–H groups in total. The van der Waals surface area contributed by atoms with Gasteiger partial charge in [0.25, 0.3) is 5.91 Å². The van der Waals surface area contributed by atoms with Crippen molar-refractivity contribution in [1.29, 1.82) is 0 Å². The van der Waals surface area contributed by atoms with Gasteiger partial charge in [-0.3, -0.25) is 9.59 Å². The zero-order valence-electron chi connectivity index (χ0n) is 14.3. The van der Waals surface area contributed by atoms with Gasteiger partial charge in [0.1, 0.15) is 0 Å². The highest BCUT2D eigenvalue weighted by Gasteiger charge is 2.29. The number of hydrogen-bond donors (Lipinski definition) is 3. The quantitative estimate of drug-likeness (QED) is 0.472. The maximum absolute atomic E-state index is 12.8. The summed E-state index contributed by atoms with van der Waals surface area (Å²) in [6.45, 7) is 1.83. The summed E-state index contributed by atoms with van der Waals surface area (Å²) >= 11 is 1.16. The molecule has 2 aromatic carbocycles. The zero-order chi connectivity index (χ0) is 19.0. The number of Topliss-reactive ketones (excluding diaryl/α,β-unsaturated/α-hetero) is 1. The second kappa shape index (κ2) is 6.69. The fourth-order valence-corrected chi connectivity index (χ4v) is 3.65. The predicted molar refractivity (Wildman–Crippen MR) is 106 cm³/mol. The maximum Gasteiger partial charge on any atom is 0.259 e. The number of thiazole rings is 1. The second-order valence-corrected chi connectivity index (χ2v) is 7.07. The van der Waals surface area contributed by atoms with E-state index >= 15 is 0 Å². The number of aryl methyl sites for hydroxylation is 1. The minimum Gasteiger partial charge on any atom is -0.492 e. The van der Waals surface area contributed by atoms with E-state index in [4.69, 9.17) is 0 Å². The third kappa shape index (κ3) is 3.20. The molecular weight excluding hydrogens is 362 g/mol. The third-order valence-corrected chi connectivity index (χ3v) is 5.09. The first-order valence-corrected chi connectivity index (χ1v) is 9.04. The van der Waals surface area contributed by atoms with Crippen molar-refractivity contribution in [3.8, 4) is 5.88 Å². The Hall–Kier alpha value is -3.45. The number of nitrogens with one attached hydrogen (secondary N) is 2. The van der Waals surface area contributed by atoms with E-state index in [1.54, 1.807) is 12.1 Å². The number of anilines is 3. The smallest absolute Gasteiger partial charge is 0.259 e. The second-order valence-electron chi connectivity index (χ2n) is 6.04. The number of carbonyl (C=O) groups excluding carboxylic acids is 2.